The third kappa shape index (κ3) is 3.04. The Hall–Kier alpha value is -1.96. The molecule has 0 radical (unpaired) electrons. The van der Waals surface area contributed by atoms with E-state index in [1.807, 2.05) is 25.1 Å². The van der Waals surface area contributed by atoms with Gasteiger partial charge in [0.2, 0.25) is 0 Å². The number of halogens is 1. The molecule has 0 saturated heterocycles. The fourth-order valence-electron chi connectivity index (χ4n) is 1.86. The molecule has 0 aliphatic rings. The summed E-state index contributed by atoms with van der Waals surface area (Å²) in [4.78, 5) is 4.64. The van der Waals surface area contributed by atoms with E-state index in [-0.39, 0.29) is 11.9 Å². The molecule has 2 heteroatoms. The van der Waals surface area contributed by atoms with E-state index in [2.05, 4.69) is 24.0 Å². The van der Waals surface area contributed by atoms with Gasteiger partial charge in [-0.1, -0.05) is 42.5 Å². The van der Waals surface area contributed by atoms with Crippen molar-refractivity contribution in [2.75, 3.05) is 0 Å². The van der Waals surface area contributed by atoms with Gasteiger partial charge in [0.05, 0.1) is 6.04 Å². The number of hydrogen-bond donors (Lipinski definition) is 0. The first kappa shape index (κ1) is 12.5. The summed E-state index contributed by atoms with van der Waals surface area (Å²) in [5, 5.41) is 0. The molecule has 2 aromatic rings. The Morgan fingerprint density at radius 3 is 2.22 bits per heavy atom. The van der Waals surface area contributed by atoms with Crippen LogP contribution in [0.15, 0.2) is 59.6 Å². The molecule has 0 amide bonds. The molecule has 0 aliphatic carbocycles. The Kier molecular flexibility index (Phi) is 3.88. The summed E-state index contributed by atoms with van der Waals surface area (Å²) in [6.45, 7) is 4.01. The molecule has 92 valence electrons. The van der Waals surface area contributed by atoms with Gasteiger partial charge in [0.25, 0.3) is 0 Å². The van der Waals surface area contributed by atoms with Crippen LogP contribution in [0.1, 0.15) is 31.0 Å². The zero-order valence-corrected chi connectivity index (χ0v) is 10.6. The smallest absolute Gasteiger partial charge is 0.123 e. The van der Waals surface area contributed by atoms with Crippen LogP contribution in [0.3, 0.4) is 0 Å². The number of rotatable bonds is 3. The van der Waals surface area contributed by atoms with Gasteiger partial charge < -0.3 is 0 Å². The van der Waals surface area contributed by atoms with E-state index in [1.165, 1.54) is 17.7 Å². The van der Waals surface area contributed by atoms with Gasteiger partial charge in [-0.2, -0.15) is 0 Å². The molecule has 0 fully saturated rings. The lowest BCUT2D eigenvalue weighted by molar-refractivity contribution is 0.628. The second-order valence-electron chi connectivity index (χ2n) is 4.31. The van der Waals surface area contributed by atoms with Crippen molar-refractivity contribution in [2.24, 2.45) is 4.99 Å². The molecule has 0 saturated carbocycles. The van der Waals surface area contributed by atoms with E-state index >= 15 is 0 Å². The molecule has 0 aromatic heterocycles. The Morgan fingerprint density at radius 2 is 1.61 bits per heavy atom. The maximum atomic E-state index is 12.8. The molecule has 1 atom stereocenters. The van der Waals surface area contributed by atoms with Crippen molar-refractivity contribution in [3.63, 3.8) is 0 Å². The van der Waals surface area contributed by atoms with E-state index in [0.29, 0.717) is 0 Å². The quantitative estimate of drug-likeness (QED) is 0.706. The van der Waals surface area contributed by atoms with Crippen molar-refractivity contribution in [3.8, 4) is 0 Å². The highest BCUT2D eigenvalue weighted by Gasteiger charge is 2.04. The van der Waals surface area contributed by atoms with Crippen LogP contribution < -0.4 is 0 Å². The number of benzene rings is 2. The molecule has 0 aliphatic heterocycles. The highest BCUT2D eigenvalue weighted by atomic mass is 19.1. The highest BCUT2D eigenvalue weighted by molar-refractivity contribution is 5.98. The van der Waals surface area contributed by atoms with Crippen molar-refractivity contribution in [3.05, 3.63) is 71.5 Å². The molecule has 18 heavy (non-hydrogen) atoms. The van der Waals surface area contributed by atoms with Crippen molar-refractivity contribution in [2.45, 2.75) is 19.9 Å². The van der Waals surface area contributed by atoms with Gasteiger partial charge in [-0.05, 0) is 37.1 Å². The minimum absolute atomic E-state index is 0.108. The SMILES string of the molecule is C/C(=N\C(C)c1ccccc1)c1ccc(F)cc1. The molecule has 0 bridgehead atoms. The van der Waals surface area contributed by atoms with Crippen LogP contribution in [0.5, 0.6) is 0 Å². The van der Waals surface area contributed by atoms with E-state index in [0.717, 1.165) is 11.3 Å². The summed E-state index contributed by atoms with van der Waals surface area (Å²) >= 11 is 0. The van der Waals surface area contributed by atoms with Gasteiger partial charge in [0, 0.05) is 5.71 Å². The van der Waals surface area contributed by atoms with Crippen LogP contribution >= 0.6 is 0 Å². The standard InChI is InChI=1S/C16H16FN/c1-12(14-6-4-3-5-7-14)18-13(2)15-8-10-16(17)11-9-15/h3-12H,1-2H3/b18-13+. The fourth-order valence-corrected chi connectivity index (χ4v) is 1.86. The lowest BCUT2D eigenvalue weighted by Gasteiger charge is -2.09. The second-order valence-corrected chi connectivity index (χ2v) is 4.31. The van der Waals surface area contributed by atoms with Crippen LogP contribution in [0.2, 0.25) is 0 Å². The molecular weight excluding hydrogens is 225 g/mol. The summed E-state index contributed by atoms with van der Waals surface area (Å²) in [6.07, 6.45) is 0. The largest absolute Gasteiger partial charge is 0.282 e. The summed E-state index contributed by atoms with van der Waals surface area (Å²) in [7, 11) is 0. The van der Waals surface area contributed by atoms with Crippen LogP contribution in [0, 0.1) is 5.82 Å². The molecule has 2 rings (SSSR count). The lowest BCUT2D eigenvalue weighted by atomic mass is 10.1. The van der Waals surface area contributed by atoms with Crippen LogP contribution in [-0.4, -0.2) is 5.71 Å². The predicted octanol–water partition coefficient (Wildman–Crippen LogP) is 4.40. The Bertz CT molecular complexity index is 529. The molecule has 0 spiro atoms. The van der Waals surface area contributed by atoms with Gasteiger partial charge in [-0.3, -0.25) is 4.99 Å². The van der Waals surface area contributed by atoms with Crippen molar-refractivity contribution < 1.29 is 4.39 Å². The summed E-state index contributed by atoms with van der Waals surface area (Å²) in [5.41, 5.74) is 3.06. The molecular formula is C16H16FN. The number of aliphatic imine (C=N–C) groups is 1. The molecule has 0 N–H and O–H groups in total. The lowest BCUT2D eigenvalue weighted by Crippen LogP contribution is -1.99. The van der Waals surface area contributed by atoms with Gasteiger partial charge >= 0.3 is 0 Å². The Balaban J connectivity index is 2.20. The van der Waals surface area contributed by atoms with Crippen molar-refractivity contribution >= 4 is 5.71 Å². The Morgan fingerprint density at radius 1 is 1.00 bits per heavy atom. The minimum atomic E-state index is -0.220. The van der Waals surface area contributed by atoms with Crippen molar-refractivity contribution in [1.29, 1.82) is 0 Å². The first-order valence-corrected chi connectivity index (χ1v) is 6.02. The van der Waals surface area contributed by atoms with Gasteiger partial charge in [0.1, 0.15) is 5.82 Å². The maximum Gasteiger partial charge on any atom is 0.123 e. The highest BCUT2D eigenvalue weighted by Crippen LogP contribution is 2.17. The topological polar surface area (TPSA) is 12.4 Å². The van der Waals surface area contributed by atoms with Crippen LogP contribution in [0.25, 0.3) is 0 Å². The van der Waals surface area contributed by atoms with Gasteiger partial charge in [-0.15, -0.1) is 0 Å². The number of nitrogens with zero attached hydrogens (tertiary/aromatic N) is 1. The minimum Gasteiger partial charge on any atom is -0.282 e. The second kappa shape index (κ2) is 5.58. The maximum absolute atomic E-state index is 12.8. The van der Waals surface area contributed by atoms with E-state index < -0.39 is 0 Å². The molecule has 1 unspecified atom stereocenters. The fraction of sp³-hybridized carbons (Fsp3) is 0.188. The van der Waals surface area contributed by atoms with E-state index in [1.54, 1.807) is 12.1 Å². The summed E-state index contributed by atoms with van der Waals surface area (Å²) in [6, 6.07) is 16.7. The normalized spacial score (nSPS) is 13.4. The number of hydrogen-bond acceptors (Lipinski definition) is 1. The first-order chi connectivity index (χ1) is 8.66. The van der Waals surface area contributed by atoms with Crippen molar-refractivity contribution in [1.82, 2.24) is 0 Å². The monoisotopic (exact) mass is 241 g/mol. The molecule has 1 nitrogen and oxygen atoms in total. The van der Waals surface area contributed by atoms with Crippen LogP contribution in [0.4, 0.5) is 4.39 Å². The van der Waals surface area contributed by atoms with Gasteiger partial charge in [0.15, 0.2) is 0 Å². The third-order valence-electron chi connectivity index (χ3n) is 2.93. The third-order valence-corrected chi connectivity index (χ3v) is 2.93. The summed E-state index contributed by atoms with van der Waals surface area (Å²) in [5.74, 6) is -0.220. The average molecular weight is 241 g/mol. The van der Waals surface area contributed by atoms with E-state index in [4.69, 9.17) is 0 Å². The Labute approximate surface area is 107 Å². The summed E-state index contributed by atoms with van der Waals surface area (Å²) < 4.78 is 12.8. The molecule has 0 heterocycles. The zero-order valence-electron chi connectivity index (χ0n) is 10.6. The van der Waals surface area contributed by atoms with E-state index in [9.17, 15) is 4.39 Å². The molecule has 2 aromatic carbocycles. The van der Waals surface area contributed by atoms with Crippen LogP contribution in [-0.2, 0) is 0 Å². The van der Waals surface area contributed by atoms with Gasteiger partial charge in [-0.25, -0.2) is 4.39 Å². The first-order valence-electron chi connectivity index (χ1n) is 6.02. The average Bonchev–Trinajstić information content (AvgIpc) is 2.40. The predicted molar refractivity (Wildman–Crippen MR) is 73.5 cm³/mol. The zero-order chi connectivity index (χ0) is 13.0.